The van der Waals surface area contributed by atoms with Gasteiger partial charge in [-0.3, -0.25) is 0 Å². The third-order valence-corrected chi connectivity index (χ3v) is 3.65. The highest BCUT2D eigenvalue weighted by atomic mass is 16.5. The van der Waals surface area contributed by atoms with Crippen molar-refractivity contribution in [2.75, 3.05) is 18.1 Å². The van der Waals surface area contributed by atoms with Crippen LogP contribution in [0.25, 0.3) is 0 Å². The van der Waals surface area contributed by atoms with E-state index in [0.29, 0.717) is 6.67 Å². The molecule has 19 heavy (non-hydrogen) atoms. The molecule has 1 N–H and O–H groups in total. The predicted octanol–water partition coefficient (Wildman–Crippen LogP) is 3.21. The molecule has 0 aromatic heterocycles. The molecule has 0 amide bonds. The van der Waals surface area contributed by atoms with Gasteiger partial charge in [0.25, 0.3) is 0 Å². The van der Waals surface area contributed by atoms with Gasteiger partial charge in [0.05, 0.1) is 12.7 Å². The minimum Gasteiger partial charge on any atom is -0.354 e. The Kier molecular flexibility index (Phi) is 3.23. The first kappa shape index (κ1) is 12.2. The molecule has 1 fully saturated rings. The van der Waals surface area contributed by atoms with Gasteiger partial charge < -0.3 is 10.1 Å². The van der Waals surface area contributed by atoms with Crippen LogP contribution in [0.1, 0.15) is 17.2 Å². The normalized spacial score (nSPS) is 19.9. The SMILES string of the molecule is Cc1ccc(N2CC(c3ccccc3)N(O)C2)cc1. The summed E-state index contributed by atoms with van der Waals surface area (Å²) in [6, 6.07) is 18.6. The van der Waals surface area contributed by atoms with E-state index in [1.165, 1.54) is 10.6 Å². The first-order valence-corrected chi connectivity index (χ1v) is 6.56. The van der Waals surface area contributed by atoms with Crippen molar-refractivity contribution < 1.29 is 5.21 Å². The van der Waals surface area contributed by atoms with E-state index in [0.717, 1.165) is 17.8 Å². The van der Waals surface area contributed by atoms with Gasteiger partial charge in [0, 0.05) is 12.2 Å². The van der Waals surface area contributed by atoms with Crippen LogP contribution in [0.2, 0.25) is 0 Å². The number of benzene rings is 2. The molecule has 3 rings (SSSR count). The summed E-state index contributed by atoms with van der Waals surface area (Å²) >= 11 is 0. The number of nitrogens with zero attached hydrogens (tertiary/aromatic N) is 2. The van der Waals surface area contributed by atoms with E-state index in [9.17, 15) is 5.21 Å². The Morgan fingerprint density at radius 2 is 1.68 bits per heavy atom. The maximum Gasteiger partial charge on any atom is 0.0952 e. The van der Waals surface area contributed by atoms with E-state index in [4.69, 9.17) is 0 Å². The zero-order valence-corrected chi connectivity index (χ0v) is 11.0. The van der Waals surface area contributed by atoms with Crippen LogP contribution in [-0.2, 0) is 0 Å². The van der Waals surface area contributed by atoms with Crippen molar-refractivity contribution >= 4 is 5.69 Å². The number of hydrogen-bond acceptors (Lipinski definition) is 3. The van der Waals surface area contributed by atoms with E-state index in [1.54, 1.807) is 0 Å². The molecule has 0 bridgehead atoms. The molecule has 0 radical (unpaired) electrons. The molecule has 1 unspecified atom stereocenters. The standard InChI is InChI=1S/C16H18N2O/c1-13-7-9-15(10-8-13)17-11-16(18(19)12-17)14-5-3-2-4-6-14/h2-10,16,19H,11-12H2,1H3. The van der Waals surface area contributed by atoms with E-state index in [2.05, 4.69) is 48.2 Å². The van der Waals surface area contributed by atoms with E-state index in [-0.39, 0.29) is 6.04 Å². The summed E-state index contributed by atoms with van der Waals surface area (Å²) in [6.07, 6.45) is 0. The molecular weight excluding hydrogens is 236 g/mol. The van der Waals surface area contributed by atoms with Crippen LogP contribution in [0.3, 0.4) is 0 Å². The summed E-state index contributed by atoms with van der Waals surface area (Å²) in [4.78, 5) is 2.19. The van der Waals surface area contributed by atoms with Crippen molar-refractivity contribution in [3.63, 3.8) is 0 Å². The zero-order chi connectivity index (χ0) is 13.2. The molecular formula is C16H18N2O. The maximum atomic E-state index is 10.1. The first-order valence-electron chi connectivity index (χ1n) is 6.56. The second kappa shape index (κ2) is 5.03. The molecule has 1 heterocycles. The number of rotatable bonds is 2. The van der Waals surface area contributed by atoms with Crippen LogP contribution in [0.5, 0.6) is 0 Å². The van der Waals surface area contributed by atoms with Crippen molar-refractivity contribution in [3.05, 3.63) is 65.7 Å². The highest BCUT2D eigenvalue weighted by Gasteiger charge is 2.30. The summed E-state index contributed by atoms with van der Waals surface area (Å²) < 4.78 is 0. The molecule has 3 nitrogen and oxygen atoms in total. The summed E-state index contributed by atoms with van der Waals surface area (Å²) in [5, 5.41) is 11.5. The van der Waals surface area contributed by atoms with Crippen molar-refractivity contribution in [1.29, 1.82) is 0 Å². The Morgan fingerprint density at radius 3 is 2.37 bits per heavy atom. The second-order valence-corrected chi connectivity index (χ2v) is 5.07. The van der Waals surface area contributed by atoms with Crippen LogP contribution in [0, 0.1) is 6.92 Å². The fourth-order valence-corrected chi connectivity index (χ4v) is 2.53. The Bertz CT molecular complexity index is 538. The van der Waals surface area contributed by atoms with Gasteiger partial charge in [0.2, 0.25) is 0 Å². The van der Waals surface area contributed by atoms with Crippen LogP contribution in [0.15, 0.2) is 54.6 Å². The predicted molar refractivity (Wildman–Crippen MR) is 76.2 cm³/mol. The Hall–Kier alpha value is -1.84. The average molecular weight is 254 g/mol. The van der Waals surface area contributed by atoms with Crippen molar-refractivity contribution in [2.45, 2.75) is 13.0 Å². The Balaban J connectivity index is 1.80. The minimum atomic E-state index is 0.0440. The van der Waals surface area contributed by atoms with Crippen molar-refractivity contribution in [2.24, 2.45) is 0 Å². The fraction of sp³-hybridized carbons (Fsp3) is 0.250. The molecule has 98 valence electrons. The minimum absolute atomic E-state index is 0.0440. The molecule has 1 aliphatic rings. The van der Waals surface area contributed by atoms with E-state index < -0.39 is 0 Å². The molecule has 0 saturated carbocycles. The van der Waals surface area contributed by atoms with E-state index in [1.807, 2.05) is 18.2 Å². The third-order valence-electron chi connectivity index (χ3n) is 3.65. The lowest BCUT2D eigenvalue weighted by Gasteiger charge is -2.17. The van der Waals surface area contributed by atoms with Crippen LogP contribution in [-0.4, -0.2) is 23.5 Å². The first-order chi connectivity index (χ1) is 9.24. The smallest absolute Gasteiger partial charge is 0.0952 e. The second-order valence-electron chi connectivity index (χ2n) is 5.07. The fourth-order valence-electron chi connectivity index (χ4n) is 2.53. The van der Waals surface area contributed by atoms with Crippen LogP contribution >= 0.6 is 0 Å². The van der Waals surface area contributed by atoms with Crippen molar-refractivity contribution in [1.82, 2.24) is 5.06 Å². The van der Waals surface area contributed by atoms with Gasteiger partial charge in [-0.05, 0) is 24.6 Å². The number of aryl methyl sites for hydroxylation is 1. The average Bonchev–Trinajstić information content (AvgIpc) is 2.83. The molecule has 0 aliphatic carbocycles. The van der Waals surface area contributed by atoms with E-state index >= 15 is 0 Å². The maximum absolute atomic E-state index is 10.1. The van der Waals surface area contributed by atoms with Gasteiger partial charge in [-0.1, -0.05) is 48.0 Å². The molecule has 2 aromatic rings. The third kappa shape index (κ3) is 2.48. The van der Waals surface area contributed by atoms with Gasteiger partial charge in [-0.25, -0.2) is 0 Å². The summed E-state index contributed by atoms with van der Waals surface area (Å²) in [6.45, 7) is 3.44. The quantitative estimate of drug-likeness (QED) is 0.891. The topological polar surface area (TPSA) is 26.7 Å². The number of hydroxylamine groups is 2. The number of anilines is 1. The lowest BCUT2D eigenvalue weighted by molar-refractivity contribution is -0.101. The van der Waals surface area contributed by atoms with Crippen LogP contribution < -0.4 is 4.90 Å². The molecule has 2 aromatic carbocycles. The highest BCUT2D eigenvalue weighted by Crippen LogP contribution is 2.29. The molecule has 3 heteroatoms. The Morgan fingerprint density at radius 1 is 1.00 bits per heavy atom. The Labute approximate surface area is 113 Å². The summed E-state index contributed by atoms with van der Waals surface area (Å²) in [5.74, 6) is 0. The molecule has 1 atom stereocenters. The molecule has 0 spiro atoms. The molecule has 1 aliphatic heterocycles. The van der Waals surface area contributed by atoms with Gasteiger partial charge in [-0.2, -0.15) is 5.06 Å². The summed E-state index contributed by atoms with van der Waals surface area (Å²) in [5.41, 5.74) is 3.56. The number of hydrogen-bond donors (Lipinski definition) is 1. The molecule has 1 saturated heterocycles. The van der Waals surface area contributed by atoms with Crippen molar-refractivity contribution in [3.8, 4) is 0 Å². The van der Waals surface area contributed by atoms with Crippen LogP contribution in [0.4, 0.5) is 5.69 Å². The van der Waals surface area contributed by atoms with Gasteiger partial charge in [-0.15, -0.1) is 0 Å². The highest BCUT2D eigenvalue weighted by molar-refractivity contribution is 5.48. The lowest BCUT2D eigenvalue weighted by Crippen LogP contribution is -2.22. The summed E-state index contributed by atoms with van der Waals surface area (Å²) in [7, 11) is 0. The lowest BCUT2D eigenvalue weighted by atomic mass is 10.1. The zero-order valence-electron chi connectivity index (χ0n) is 11.0. The van der Waals surface area contributed by atoms with Gasteiger partial charge >= 0.3 is 0 Å². The monoisotopic (exact) mass is 254 g/mol. The van der Waals surface area contributed by atoms with Gasteiger partial charge in [0.1, 0.15) is 0 Å². The van der Waals surface area contributed by atoms with Gasteiger partial charge in [0.15, 0.2) is 0 Å². The largest absolute Gasteiger partial charge is 0.354 e.